The van der Waals surface area contributed by atoms with Crippen LogP contribution in [0.15, 0.2) is 0 Å². The highest BCUT2D eigenvalue weighted by molar-refractivity contribution is 5.79. The summed E-state index contributed by atoms with van der Waals surface area (Å²) in [5.41, 5.74) is 0. The van der Waals surface area contributed by atoms with Crippen molar-refractivity contribution < 1.29 is 48.9 Å². The molecule has 0 fully saturated rings. The number of aliphatic hydroxyl groups is 2. The molecule has 0 aliphatic heterocycles. The fourth-order valence-corrected chi connectivity index (χ4v) is 1.30. The van der Waals surface area contributed by atoms with Gasteiger partial charge in [0.25, 0.3) is 0 Å². The lowest BCUT2D eigenvalue weighted by molar-refractivity contribution is -0.268. The third-order valence-corrected chi connectivity index (χ3v) is 2.63. The van der Waals surface area contributed by atoms with E-state index in [9.17, 15) is 24.3 Å². The van der Waals surface area contributed by atoms with E-state index in [1.54, 1.807) is 6.92 Å². The van der Waals surface area contributed by atoms with Crippen LogP contribution in [0.25, 0.3) is 0 Å². The maximum Gasteiger partial charge on any atom is 0.383 e. The van der Waals surface area contributed by atoms with Crippen LogP contribution < -0.4 is 0 Å². The van der Waals surface area contributed by atoms with Gasteiger partial charge in [0, 0.05) is 0 Å². The molecule has 0 spiro atoms. The molecule has 10 heteroatoms. The Balaban J connectivity index is 4.01. The molecular weight excluding hydrogens is 316 g/mol. The van der Waals surface area contributed by atoms with Gasteiger partial charge in [0.2, 0.25) is 0 Å². The molecule has 0 rings (SSSR count). The summed E-state index contributed by atoms with van der Waals surface area (Å²) in [4.78, 5) is 61.1. The molecule has 132 valence electrons. The Labute approximate surface area is 132 Å². The molecule has 3 unspecified atom stereocenters. The highest BCUT2D eigenvalue weighted by Crippen LogP contribution is 2.11. The van der Waals surface area contributed by atoms with Crippen LogP contribution in [-0.4, -0.2) is 46.3 Å². The molecule has 0 aliphatic rings. The summed E-state index contributed by atoms with van der Waals surface area (Å²) < 4.78 is 0. The highest BCUT2D eigenvalue weighted by atomic mass is 17.2. The smallest absolute Gasteiger partial charge is 0.383 e. The number of aliphatic hydroxyl groups excluding tert-OH is 2. The Kier molecular flexibility index (Phi) is 9.51. The normalized spacial score (nSPS) is 14.1. The van der Waals surface area contributed by atoms with Crippen LogP contribution in [0.2, 0.25) is 0 Å². The van der Waals surface area contributed by atoms with Crippen molar-refractivity contribution in [1.82, 2.24) is 0 Å². The summed E-state index contributed by atoms with van der Waals surface area (Å²) >= 11 is 0. The summed E-state index contributed by atoms with van der Waals surface area (Å²) in [6.07, 6.45) is -3.15. The Morgan fingerprint density at radius 3 is 1.61 bits per heavy atom. The van der Waals surface area contributed by atoms with Crippen LogP contribution in [0.4, 0.5) is 0 Å². The number of carbonyl (C=O) groups is 4. The second-order valence-electron chi connectivity index (χ2n) is 4.65. The monoisotopic (exact) mass is 336 g/mol. The quantitative estimate of drug-likeness (QED) is 0.463. The molecule has 0 aromatic heterocycles. The first-order valence-electron chi connectivity index (χ1n) is 6.87. The first-order valence-corrected chi connectivity index (χ1v) is 6.87. The molecule has 0 amide bonds. The molecule has 0 saturated heterocycles. The predicted octanol–water partition coefficient (Wildman–Crippen LogP) is -0.443. The van der Waals surface area contributed by atoms with E-state index < -0.39 is 54.8 Å². The van der Waals surface area contributed by atoms with Crippen LogP contribution in [0.5, 0.6) is 0 Å². The van der Waals surface area contributed by atoms with E-state index in [4.69, 9.17) is 5.11 Å². The highest BCUT2D eigenvalue weighted by Gasteiger charge is 2.25. The van der Waals surface area contributed by atoms with Crippen LogP contribution in [0.3, 0.4) is 0 Å². The zero-order valence-electron chi connectivity index (χ0n) is 13.0. The molecule has 0 bridgehead atoms. The SMILES string of the molecule is CCC(C(=O)OOC(=O)CCC(=O)OOC(=O)C(C)O)C(C)O. The van der Waals surface area contributed by atoms with Gasteiger partial charge in [0.05, 0.1) is 24.9 Å². The van der Waals surface area contributed by atoms with Crippen molar-refractivity contribution in [1.29, 1.82) is 0 Å². The molecule has 10 nitrogen and oxygen atoms in total. The zero-order chi connectivity index (χ0) is 18.0. The first-order chi connectivity index (χ1) is 10.7. The van der Waals surface area contributed by atoms with Crippen molar-refractivity contribution in [3.8, 4) is 0 Å². The van der Waals surface area contributed by atoms with Crippen molar-refractivity contribution in [3.63, 3.8) is 0 Å². The van der Waals surface area contributed by atoms with E-state index in [0.717, 1.165) is 6.92 Å². The van der Waals surface area contributed by atoms with Crippen LogP contribution in [0.1, 0.15) is 40.0 Å². The first kappa shape index (κ1) is 20.8. The molecule has 0 radical (unpaired) electrons. The van der Waals surface area contributed by atoms with Crippen LogP contribution >= 0.6 is 0 Å². The van der Waals surface area contributed by atoms with Crippen molar-refractivity contribution >= 4 is 23.9 Å². The minimum absolute atomic E-state index is 0.287. The molecule has 0 aromatic rings. The molecule has 0 saturated carbocycles. The maximum absolute atomic E-state index is 11.5. The second-order valence-corrected chi connectivity index (χ2v) is 4.65. The molecular formula is C13H20O10. The van der Waals surface area contributed by atoms with Gasteiger partial charge in [-0.15, -0.1) is 0 Å². The molecule has 0 aliphatic carbocycles. The molecule has 2 N–H and O–H groups in total. The average molecular weight is 336 g/mol. The lowest BCUT2D eigenvalue weighted by Gasteiger charge is -2.14. The zero-order valence-corrected chi connectivity index (χ0v) is 13.0. The summed E-state index contributed by atoms with van der Waals surface area (Å²) in [6.45, 7) is 4.14. The van der Waals surface area contributed by atoms with Gasteiger partial charge in [-0.2, -0.15) is 0 Å². The minimum atomic E-state index is -1.47. The predicted molar refractivity (Wildman–Crippen MR) is 70.7 cm³/mol. The lowest BCUT2D eigenvalue weighted by Crippen LogP contribution is -2.28. The second kappa shape index (κ2) is 10.5. The Morgan fingerprint density at radius 1 is 0.826 bits per heavy atom. The minimum Gasteiger partial charge on any atom is -0.393 e. The van der Waals surface area contributed by atoms with Crippen LogP contribution in [0, 0.1) is 5.92 Å². The Morgan fingerprint density at radius 2 is 1.26 bits per heavy atom. The van der Waals surface area contributed by atoms with Gasteiger partial charge in [0.15, 0.2) is 6.10 Å². The van der Waals surface area contributed by atoms with Gasteiger partial charge in [-0.25, -0.2) is 38.7 Å². The number of rotatable bonds is 7. The summed E-state index contributed by atoms with van der Waals surface area (Å²) in [5, 5.41) is 18.1. The molecule has 23 heavy (non-hydrogen) atoms. The van der Waals surface area contributed by atoms with Gasteiger partial charge < -0.3 is 10.2 Å². The number of hydrogen-bond acceptors (Lipinski definition) is 10. The average Bonchev–Trinajstić information content (AvgIpc) is 2.48. The van der Waals surface area contributed by atoms with Crippen molar-refractivity contribution in [2.45, 2.75) is 52.2 Å². The summed E-state index contributed by atoms with van der Waals surface area (Å²) in [5.74, 6) is -5.01. The Bertz CT molecular complexity index is 428. The van der Waals surface area contributed by atoms with E-state index in [-0.39, 0.29) is 6.42 Å². The third-order valence-electron chi connectivity index (χ3n) is 2.63. The van der Waals surface area contributed by atoms with Crippen LogP contribution in [-0.2, 0) is 38.7 Å². The van der Waals surface area contributed by atoms with Gasteiger partial charge in [-0.3, -0.25) is 0 Å². The number of carbonyl (C=O) groups excluding carboxylic acids is 4. The van der Waals surface area contributed by atoms with Gasteiger partial charge >= 0.3 is 23.9 Å². The van der Waals surface area contributed by atoms with Gasteiger partial charge in [-0.05, 0) is 20.3 Å². The van der Waals surface area contributed by atoms with E-state index >= 15 is 0 Å². The number of hydrogen-bond donors (Lipinski definition) is 2. The maximum atomic E-state index is 11.5. The van der Waals surface area contributed by atoms with Gasteiger partial charge in [0.1, 0.15) is 0 Å². The molecule has 0 aromatic carbocycles. The van der Waals surface area contributed by atoms with E-state index in [2.05, 4.69) is 19.6 Å². The van der Waals surface area contributed by atoms with Crippen molar-refractivity contribution in [2.75, 3.05) is 0 Å². The molecule has 3 atom stereocenters. The van der Waals surface area contributed by atoms with Crippen molar-refractivity contribution in [2.24, 2.45) is 5.92 Å². The topological polar surface area (TPSA) is 146 Å². The standard InChI is InChI=1S/C13H20O10/c1-4-9(7(2)14)13(19)23-21-11(17)6-5-10(16)20-22-12(18)8(3)15/h7-9,14-15H,4-6H2,1-3H3. The van der Waals surface area contributed by atoms with E-state index in [1.807, 2.05) is 0 Å². The fourth-order valence-electron chi connectivity index (χ4n) is 1.30. The van der Waals surface area contributed by atoms with Crippen molar-refractivity contribution in [3.05, 3.63) is 0 Å². The van der Waals surface area contributed by atoms with E-state index in [1.165, 1.54) is 6.92 Å². The summed E-state index contributed by atoms with van der Waals surface area (Å²) in [6, 6.07) is 0. The molecule has 0 heterocycles. The van der Waals surface area contributed by atoms with E-state index in [0.29, 0.717) is 0 Å². The largest absolute Gasteiger partial charge is 0.393 e. The fraction of sp³-hybridized carbons (Fsp3) is 0.692. The van der Waals surface area contributed by atoms with Gasteiger partial charge in [-0.1, -0.05) is 6.92 Å². The Hall–Kier alpha value is -2.20. The third kappa shape index (κ3) is 8.73. The lowest BCUT2D eigenvalue weighted by atomic mass is 10.0. The summed E-state index contributed by atoms with van der Waals surface area (Å²) in [7, 11) is 0.